The van der Waals surface area contributed by atoms with Crippen molar-refractivity contribution in [1.82, 2.24) is 0 Å². The Hall–Kier alpha value is -1.22. The number of hydrogen-bond acceptors (Lipinski definition) is 3. The van der Waals surface area contributed by atoms with Crippen molar-refractivity contribution in [2.24, 2.45) is 5.73 Å². The van der Waals surface area contributed by atoms with E-state index in [1.165, 1.54) is 5.56 Å². The molecule has 1 rings (SSSR count). The first-order valence-electron chi connectivity index (χ1n) is 5.52. The lowest BCUT2D eigenvalue weighted by Crippen LogP contribution is -2.10. The van der Waals surface area contributed by atoms with E-state index >= 15 is 0 Å². The fourth-order valence-electron chi connectivity index (χ4n) is 1.80. The topological polar surface area (TPSA) is 44.5 Å². The second-order valence-electron chi connectivity index (χ2n) is 4.28. The zero-order valence-electron chi connectivity index (χ0n) is 10.7. The third-order valence-corrected chi connectivity index (χ3v) is 2.70. The Morgan fingerprint density at radius 1 is 0.938 bits per heavy atom. The molecule has 0 saturated heterocycles. The SMILES string of the molecule is COc1cc(C(C)C)c(C(C)N)cc1OC. The summed E-state index contributed by atoms with van der Waals surface area (Å²) in [4.78, 5) is 0. The minimum atomic E-state index is -0.00259. The average Bonchev–Trinajstić information content (AvgIpc) is 2.26. The summed E-state index contributed by atoms with van der Waals surface area (Å²) in [6.45, 7) is 6.27. The van der Waals surface area contributed by atoms with Gasteiger partial charge in [-0.15, -0.1) is 0 Å². The Morgan fingerprint density at radius 3 is 1.69 bits per heavy atom. The molecule has 0 radical (unpaired) electrons. The van der Waals surface area contributed by atoms with Gasteiger partial charge in [-0.3, -0.25) is 0 Å². The monoisotopic (exact) mass is 223 g/mol. The Kier molecular flexibility index (Phi) is 4.19. The summed E-state index contributed by atoms with van der Waals surface area (Å²) < 4.78 is 10.6. The fraction of sp³-hybridized carbons (Fsp3) is 0.538. The predicted octanol–water partition coefficient (Wildman–Crippen LogP) is 2.85. The van der Waals surface area contributed by atoms with Crippen molar-refractivity contribution in [3.8, 4) is 11.5 Å². The van der Waals surface area contributed by atoms with Crippen molar-refractivity contribution in [2.45, 2.75) is 32.7 Å². The summed E-state index contributed by atoms with van der Waals surface area (Å²) in [5, 5.41) is 0. The number of ether oxygens (including phenoxy) is 2. The van der Waals surface area contributed by atoms with Gasteiger partial charge in [0.25, 0.3) is 0 Å². The standard InChI is InChI=1S/C13H21NO2/c1-8(2)10-6-12(15-4)13(16-5)7-11(10)9(3)14/h6-9H,14H2,1-5H3. The third-order valence-electron chi connectivity index (χ3n) is 2.70. The summed E-state index contributed by atoms with van der Waals surface area (Å²) in [5.74, 6) is 1.91. The summed E-state index contributed by atoms with van der Waals surface area (Å²) in [6, 6.07) is 3.98. The van der Waals surface area contributed by atoms with Crippen molar-refractivity contribution in [2.75, 3.05) is 14.2 Å². The lowest BCUT2D eigenvalue weighted by Gasteiger charge is -2.19. The van der Waals surface area contributed by atoms with Gasteiger partial charge < -0.3 is 15.2 Å². The summed E-state index contributed by atoms with van der Waals surface area (Å²) >= 11 is 0. The summed E-state index contributed by atoms with van der Waals surface area (Å²) in [7, 11) is 3.28. The van der Waals surface area contributed by atoms with Crippen molar-refractivity contribution in [3.63, 3.8) is 0 Å². The minimum absolute atomic E-state index is 0.00259. The van der Waals surface area contributed by atoms with Gasteiger partial charge in [-0.05, 0) is 36.1 Å². The van der Waals surface area contributed by atoms with Gasteiger partial charge in [0, 0.05) is 6.04 Å². The molecule has 0 spiro atoms. The highest BCUT2D eigenvalue weighted by molar-refractivity contribution is 5.49. The van der Waals surface area contributed by atoms with Crippen molar-refractivity contribution in [1.29, 1.82) is 0 Å². The first-order chi connectivity index (χ1) is 7.51. The second-order valence-corrected chi connectivity index (χ2v) is 4.28. The van der Waals surface area contributed by atoms with E-state index in [1.54, 1.807) is 14.2 Å². The maximum Gasteiger partial charge on any atom is 0.161 e. The van der Waals surface area contributed by atoms with Crippen LogP contribution in [0.4, 0.5) is 0 Å². The average molecular weight is 223 g/mol. The van der Waals surface area contributed by atoms with Crippen LogP contribution in [-0.4, -0.2) is 14.2 Å². The molecule has 0 aromatic heterocycles. The molecule has 0 aliphatic heterocycles. The Balaban J connectivity index is 3.35. The Morgan fingerprint density at radius 2 is 1.38 bits per heavy atom. The molecule has 3 heteroatoms. The fourth-order valence-corrected chi connectivity index (χ4v) is 1.80. The van der Waals surface area contributed by atoms with Crippen LogP contribution in [0.15, 0.2) is 12.1 Å². The third kappa shape index (κ3) is 2.47. The maximum atomic E-state index is 5.97. The molecule has 0 heterocycles. The van der Waals surface area contributed by atoms with Gasteiger partial charge in [0.15, 0.2) is 11.5 Å². The van der Waals surface area contributed by atoms with Gasteiger partial charge >= 0.3 is 0 Å². The van der Waals surface area contributed by atoms with E-state index in [-0.39, 0.29) is 6.04 Å². The molecule has 90 valence electrons. The largest absolute Gasteiger partial charge is 0.493 e. The van der Waals surface area contributed by atoms with Crippen molar-refractivity contribution in [3.05, 3.63) is 23.3 Å². The smallest absolute Gasteiger partial charge is 0.161 e. The van der Waals surface area contributed by atoms with Gasteiger partial charge in [-0.25, -0.2) is 0 Å². The molecule has 3 nitrogen and oxygen atoms in total. The molecule has 0 amide bonds. The van der Waals surface area contributed by atoms with Crippen LogP contribution in [0.5, 0.6) is 11.5 Å². The molecule has 1 aromatic rings. The zero-order chi connectivity index (χ0) is 12.3. The van der Waals surface area contributed by atoms with Crippen LogP contribution < -0.4 is 15.2 Å². The van der Waals surface area contributed by atoms with Gasteiger partial charge in [0.05, 0.1) is 14.2 Å². The highest BCUT2D eigenvalue weighted by atomic mass is 16.5. The minimum Gasteiger partial charge on any atom is -0.493 e. The quantitative estimate of drug-likeness (QED) is 0.853. The van der Waals surface area contributed by atoms with E-state index < -0.39 is 0 Å². The first-order valence-corrected chi connectivity index (χ1v) is 5.52. The molecule has 0 bridgehead atoms. The molecule has 16 heavy (non-hydrogen) atoms. The van der Waals surface area contributed by atoms with Crippen LogP contribution in [0.3, 0.4) is 0 Å². The number of benzene rings is 1. The highest BCUT2D eigenvalue weighted by Crippen LogP contribution is 2.35. The molecule has 0 aliphatic carbocycles. The van der Waals surface area contributed by atoms with Crippen molar-refractivity contribution < 1.29 is 9.47 Å². The molecule has 0 fully saturated rings. The van der Waals surface area contributed by atoms with Gasteiger partial charge in [0.2, 0.25) is 0 Å². The molecular weight excluding hydrogens is 202 g/mol. The molecule has 0 aliphatic rings. The Labute approximate surface area is 97.6 Å². The van der Waals surface area contributed by atoms with Crippen LogP contribution in [0.1, 0.15) is 43.9 Å². The zero-order valence-corrected chi connectivity index (χ0v) is 10.7. The van der Waals surface area contributed by atoms with E-state index in [4.69, 9.17) is 15.2 Å². The van der Waals surface area contributed by atoms with Crippen molar-refractivity contribution >= 4 is 0 Å². The maximum absolute atomic E-state index is 5.97. The van der Waals surface area contributed by atoms with Crippen LogP contribution in [0.2, 0.25) is 0 Å². The van der Waals surface area contributed by atoms with Crippen LogP contribution in [-0.2, 0) is 0 Å². The lowest BCUT2D eigenvalue weighted by molar-refractivity contribution is 0.353. The molecule has 1 atom stereocenters. The number of hydrogen-bond donors (Lipinski definition) is 1. The van der Waals surface area contributed by atoms with E-state index in [1.807, 2.05) is 19.1 Å². The van der Waals surface area contributed by atoms with Gasteiger partial charge in [-0.2, -0.15) is 0 Å². The van der Waals surface area contributed by atoms with Crippen LogP contribution >= 0.6 is 0 Å². The normalized spacial score (nSPS) is 12.7. The molecule has 1 aromatic carbocycles. The molecule has 2 N–H and O–H groups in total. The Bertz CT molecular complexity index is 324. The molecule has 1 unspecified atom stereocenters. The van der Waals surface area contributed by atoms with E-state index in [0.29, 0.717) is 5.92 Å². The number of rotatable bonds is 4. The second kappa shape index (κ2) is 5.21. The van der Waals surface area contributed by atoms with Gasteiger partial charge in [-0.1, -0.05) is 13.8 Å². The first kappa shape index (κ1) is 12.8. The highest BCUT2D eigenvalue weighted by Gasteiger charge is 2.15. The molecule has 0 saturated carbocycles. The van der Waals surface area contributed by atoms with Gasteiger partial charge in [0.1, 0.15) is 0 Å². The molecular formula is C13H21NO2. The van der Waals surface area contributed by atoms with Crippen LogP contribution in [0.25, 0.3) is 0 Å². The number of nitrogens with two attached hydrogens (primary N) is 1. The summed E-state index contributed by atoms with van der Waals surface area (Å²) in [6.07, 6.45) is 0. The summed E-state index contributed by atoms with van der Waals surface area (Å²) in [5.41, 5.74) is 8.30. The lowest BCUT2D eigenvalue weighted by atomic mass is 9.93. The van der Waals surface area contributed by atoms with E-state index in [2.05, 4.69) is 13.8 Å². The van der Waals surface area contributed by atoms with E-state index in [0.717, 1.165) is 17.1 Å². The van der Waals surface area contributed by atoms with Crippen LogP contribution in [0, 0.1) is 0 Å². The van der Waals surface area contributed by atoms with E-state index in [9.17, 15) is 0 Å². The number of methoxy groups -OCH3 is 2. The predicted molar refractivity (Wildman–Crippen MR) is 66.2 cm³/mol.